The third kappa shape index (κ3) is 2.09. The van der Waals surface area contributed by atoms with Crippen molar-refractivity contribution in [3.8, 4) is 0 Å². The molecule has 2 aromatic rings. The molecule has 1 aromatic heterocycles. The second kappa shape index (κ2) is 4.18. The molecule has 88 valence electrons. The third-order valence-corrected chi connectivity index (χ3v) is 3.64. The summed E-state index contributed by atoms with van der Waals surface area (Å²) in [6.07, 6.45) is 3.05. The highest BCUT2D eigenvalue weighted by Crippen LogP contribution is 2.31. The average molecular weight is 292 g/mol. The lowest BCUT2D eigenvalue weighted by atomic mass is 10.2. The minimum atomic E-state index is 0.912. The zero-order valence-corrected chi connectivity index (χ0v) is 11.3. The largest absolute Gasteiger partial charge is 0.365 e. The second-order valence-corrected chi connectivity index (χ2v) is 5.35. The number of hydrogen-bond donors (Lipinski definition) is 1. The van der Waals surface area contributed by atoms with Crippen molar-refractivity contribution in [3.05, 3.63) is 46.0 Å². The molecule has 17 heavy (non-hydrogen) atoms. The standard InChI is InChI=1S/C13H14BrN3/c1-9-15-7-12(16-9)8-17-5-4-10-6-11(14)2-3-13(10)17/h2-3,6-7H,4-5,8H2,1H3,(H,15,16). The fourth-order valence-corrected chi connectivity index (χ4v) is 2.77. The van der Waals surface area contributed by atoms with Crippen LogP contribution in [0.5, 0.6) is 0 Å². The summed E-state index contributed by atoms with van der Waals surface area (Å²) < 4.78 is 1.16. The van der Waals surface area contributed by atoms with E-state index in [0.29, 0.717) is 0 Å². The van der Waals surface area contributed by atoms with Crippen LogP contribution in [-0.2, 0) is 13.0 Å². The lowest BCUT2D eigenvalue weighted by Gasteiger charge is -2.18. The van der Waals surface area contributed by atoms with Gasteiger partial charge in [-0.3, -0.25) is 0 Å². The average Bonchev–Trinajstić information content (AvgIpc) is 2.86. The Morgan fingerprint density at radius 2 is 2.35 bits per heavy atom. The Bertz CT molecular complexity index is 547. The van der Waals surface area contributed by atoms with Gasteiger partial charge in [0, 0.05) is 16.7 Å². The molecule has 1 N–H and O–H groups in total. The molecular weight excluding hydrogens is 278 g/mol. The van der Waals surface area contributed by atoms with Gasteiger partial charge in [0.05, 0.1) is 18.4 Å². The van der Waals surface area contributed by atoms with Crippen molar-refractivity contribution in [2.75, 3.05) is 11.4 Å². The Kier molecular flexibility index (Phi) is 2.67. The predicted octanol–water partition coefficient (Wildman–Crippen LogP) is 3.04. The Morgan fingerprint density at radius 3 is 3.12 bits per heavy atom. The topological polar surface area (TPSA) is 31.9 Å². The van der Waals surface area contributed by atoms with E-state index in [0.717, 1.165) is 29.8 Å². The molecule has 0 unspecified atom stereocenters. The molecule has 0 fully saturated rings. The van der Waals surface area contributed by atoms with Crippen molar-refractivity contribution >= 4 is 21.6 Å². The molecule has 3 nitrogen and oxygen atoms in total. The van der Waals surface area contributed by atoms with Crippen molar-refractivity contribution in [1.82, 2.24) is 9.97 Å². The molecule has 0 radical (unpaired) electrons. The third-order valence-electron chi connectivity index (χ3n) is 3.15. The summed E-state index contributed by atoms with van der Waals surface area (Å²) in [7, 11) is 0. The molecule has 0 saturated carbocycles. The molecule has 0 saturated heterocycles. The molecule has 1 aliphatic rings. The van der Waals surface area contributed by atoms with E-state index in [1.165, 1.54) is 16.9 Å². The summed E-state index contributed by atoms with van der Waals surface area (Å²) in [5.74, 6) is 0.982. The molecule has 0 amide bonds. The number of aromatic nitrogens is 2. The van der Waals surface area contributed by atoms with E-state index in [1.807, 2.05) is 13.1 Å². The van der Waals surface area contributed by atoms with Crippen molar-refractivity contribution in [2.24, 2.45) is 0 Å². The monoisotopic (exact) mass is 291 g/mol. The van der Waals surface area contributed by atoms with Gasteiger partial charge in [0.25, 0.3) is 0 Å². The molecule has 1 aromatic carbocycles. The van der Waals surface area contributed by atoms with Crippen molar-refractivity contribution in [3.63, 3.8) is 0 Å². The summed E-state index contributed by atoms with van der Waals surface area (Å²) >= 11 is 3.52. The van der Waals surface area contributed by atoms with E-state index < -0.39 is 0 Å². The zero-order valence-electron chi connectivity index (χ0n) is 9.70. The summed E-state index contributed by atoms with van der Waals surface area (Å²) in [6, 6.07) is 6.51. The van der Waals surface area contributed by atoms with Crippen LogP contribution in [0.3, 0.4) is 0 Å². The van der Waals surface area contributed by atoms with Crippen LogP contribution in [-0.4, -0.2) is 16.5 Å². The maximum absolute atomic E-state index is 4.24. The van der Waals surface area contributed by atoms with E-state index in [-0.39, 0.29) is 0 Å². The van der Waals surface area contributed by atoms with E-state index in [4.69, 9.17) is 0 Å². The molecule has 2 heterocycles. The summed E-state index contributed by atoms with van der Waals surface area (Å²) in [6.45, 7) is 3.98. The van der Waals surface area contributed by atoms with Gasteiger partial charge in [-0.2, -0.15) is 0 Å². The van der Waals surface area contributed by atoms with Crippen molar-refractivity contribution in [1.29, 1.82) is 0 Å². The predicted molar refractivity (Wildman–Crippen MR) is 72.2 cm³/mol. The Balaban J connectivity index is 1.84. The number of rotatable bonds is 2. The SMILES string of the molecule is Cc1ncc(CN2CCc3cc(Br)ccc32)[nH]1. The van der Waals surface area contributed by atoms with Crippen LogP contribution >= 0.6 is 15.9 Å². The first kappa shape index (κ1) is 10.8. The normalized spacial score (nSPS) is 14.1. The summed E-state index contributed by atoms with van der Waals surface area (Å²) in [5.41, 5.74) is 3.95. The number of aryl methyl sites for hydroxylation is 1. The van der Waals surface area contributed by atoms with Crippen LogP contribution in [0.2, 0.25) is 0 Å². The number of imidazole rings is 1. The van der Waals surface area contributed by atoms with Crippen LogP contribution in [0.15, 0.2) is 28.9 Å². The lowest BCUT2D eigenvalue weighted by Crippen LogP contribution is -2.19. The highest BCUT2D eigenvalue weighted by atomic mass is 79.9. The second-order valence-electron chi connectivity index (χ2n) is 4.44. The number of fused-ring (bicyclic) bond motifs is 1. The quantitative estimate of drug-likeness (QED) is 0.922. The van der Waals surface area contributed by atoms with Gasteiger partial charge in [-0.25, -0.2) is 4.98 Å². The minimum absolute atomic E-state index is 0.912. The van der Waals surface area contributed by atoms with E-state index in [2.05, 4.69) is 49.0 Å². The Hall–Kier alpha value is -1.29. The number of hydrogen-bond acceptors (Lipinski definition) is 2. The Labute approximate surface area is 109 Å². The number of nitrogens with one attached hydrogen (secondary N) is 1. The van der Waals surface area contributed by atoms with Gasteiger partial charge in [0.15, 0.2) is 0 Å². The molecule has 4 heteroatoms. The molecule has 3 rings (SSSR count). The zero-order chi connectivity index (χ0) is 11.8. The van der Waals surface area contributed by atoms with Crippen LogP contribution < -0.4 is 4.90 Å². The molecule has 0 atom stereocenters. The molecule has 0 spiro atoms. The van der Waals surface area contributed by atoms with Crippen molar-refractivity contribution < 1.29 is 0 Å². The van der Waals surface area contributed by atoms with Crippen LogP contribution in [0.1, 0.15) is 17.1 Å². The van der Waals surface area contributed by atoms with Gasteiger partial charge in [-0.15, -0.1) is 0 Å². The van der Waals surface area contributed by atoms with Gasteiger partial charge >= 0.3 is 0 Å². The van der Waals surface area contributed by atoms with Gasteiger partial charge in [0.1, 0.15) is 5.82 Å². The maximum atomic E-state index is 4.24. The minimum Gasteiger partial charge on any atom is -0.365 e. The first-order valence-electron chi connectivity index (χ1n) is 5.76. The van der Waals surface area contributed by atoms with Crippen LogP contribution in [0.25, 0.3) is 0 Å². The van der Waals surface area contributed by atoms with Gasteiger partial charge in [0.2, 0.25) is 0 Å². The fraction of sp³-hybridized carbons (Fsp3) is 0.308. The molecule has 0 bridgehead atoms. The van der Waals surface area contributed by atoms with E-state index in [1.54, 1.807) is 0 Å². The number of aromatic amines is 1. The number of halogens is 1. The molecule has 0 aliphatic carbocycles. The van der Waals surface area contributed by atoms with Gasteiger partial charge in [-0.1, -0.05) is 15.9 Å². The van der Waals surface area contributed by atoms with E-state index in [9.17, 15) is 0 Å². The molecule has 1 aliphatic heterocycles. The molecular formula is C13H14BrN3. The number of nitrogens with zero attached hydrogens (tertiary/aromatic N) is 2. The number of anilines is 1. The number of H-pyrrole nitrogens is 1. The fourth-order valence-electron chi connectivity index (χ4n) is 2.36. The van der Waals surface area contributed by atoms with Crippen molar-refractivity contribution in [2.45, 2.75) is 19.9 Å². The Morgan fingerprint density at radius 1 is 1.47 bits per heavy atom. The van der Waals surface area contributed by atoms with Gasteiger partial charge in [-0.05, 0) is 37.1 Å². The first-order valence-corrected chi connectivity index (χ1v) is 6.55. The van der Waals surface area contributed by atoms with E-state index >= 15 is 0 Å². The first-order chi connectivity index (χ1) is 8.22. The van der Waals surface area contributed by atoms with Crippen LogP contribution in [0, 0.1) is 6.92 Å². The highest BCUT2D eigenvalue weighted by molar-refractivity contribution is 9.10. The summed E-state index contributed by atoms with van der Waals surface area (Å²) in [4.78, 5) is 9.92. The number of benzene rings is 1. The summed E-state index contributed by atoms with van der Waals surface area (Å²) in [5, 5.41) is 0. The van der Waals surface area contributed by atoms with Crippen LogP contribution in [0.4, 0.5) is 5.69 Å². The lowest BCUT2D eigenvalue weighted by molar-refractivity contribution is 0.818. The smallest absolute Gasteiger partial charge is 0.103 e. The highest BCUT2D eigenvalue weighted by Gasteiger charge is 2.19. The van der Waals surface area contributed by atoms with Gasteiger partial charge < -0.3 is 9.88 Å². The maximum Gasteiger partial charge on any atom is 0.103 e.